The molecule has 0 amide bonds. The molecule has 32 heavy (non-hydrogen) atoms. The molecule has 0 aliphatic rings. The first-order chi connectivity index (χ1) is 15.4. The van der Waals surface area contributed by atoms with Gasteiger partial charge in [0.1, 0.15) is 29.7 Å². The normalized spacial score (nSPS) is 11.0. The minimum absolute atomic E-state index is 0.0207. The third-order valence-corrected chi connectivity index (χ3v) is 6.44. The number of hydrogen-bond acceptors (Lipinski definition) is 9. The molecule has 0 radical (unpaired) electrons. The van der Waals surface area contributed by atoms with Crippen LogP contribution in [-0.4, -0.2) is 28.0 Å². The largest absolute Gasteiger partial charge is 0.455 e. The predicted octanol–water partition coefficient (Wildman–Crippen LogP) is 4.25. The Morgan fingerprint density at radius 2 is 2.00 bits per heavy atom. The van der Waals surface area contributed by atoms with Gasteiger partial charge in [0, 0.05) is 28.7 Å². The van der Waals surface area contributed by atoms with Crippen molar-refractivity contribution in [3.8, 4) is 28.7 Å². The van der Waals surface area contributed by atoms with E-state index in [0.717, 1.165) is 23.7 Å². The van der Waals surface area contributed by atoms with Crippen molar-refractivity contribution < 1.29 is 17.5 Å². The summed E-state index contributed by atoms with van der Waals surface area (Å²) in [5, 5.41) is 17.0. The highest BCUT2D eigenvalue weighted by atomic mass is 35.5. The van der Waals surface area contributed by atoms with Gasteiger partial charge in [-0.15, -0.1) is 0 Å². The number of nitriles is 1. The summed E-state index contributed by atoms with van der Waals surface area (Å²) in [5.74, 6) is -0.655. The van der Waals surface area contributed by atoms with E-state index in [1.54, 1.807) is 6.07 Å². The average Bonchev–Trinajstić information content (AvgIpc) is 3.29. The second-order valence-electron chi connectivity index (χ2n) is 6.12. The smallest absolute Gasteiger partial charge is 0.263 e. The number of aromatic nitrogens is 4. The molecular formula is C19H10ClFN6O3S2. The summed E-state index contributed by atoms with van der Waals surface area (Å²) < 4.78 is 51.1. The Kier molecular flexibility index (Phi) is 5.95. The van der Waals surface area contributed by atoms with Crippen molar-refractivity contribution in [3.05, 3.63) is 71.5 Å². The number of nitrogens with one attached hydrogen (secondary N) is 1. The summed E-state index contributed by atoms with van der Waals surface area (Å²) in [4.78, 5) is 3.59. The van der Waals surface area contributed by atoms with Crippen LogP contribution in [0.15, 0.2) is 60.0 Å². The van der Waals surface area contributed by atoms with Gasteiger partial charge in [-0.05, 0) is 30.3 Å². The average molecular weight is 489 g/mol. The number of benzene rings is 2. The highest BCUT2D eigenvalue weighted by molar-refractivity contribution is 7.93. The van der Waals surface area contributed by atoms with Gasteiger partial charge in [-0.25, -0.2) is 17.8 Å². The zero-order valence-corrected chi connectivity index (χ0v) is 18.1. The van der Waals surface area contributed by atoms with E-state index >= 15 is 0 Å². The molecule has 0 aliphatic carbocycles. The van der Waals surface area contributed by atoms with Gasteiger partial charge in [0.25, 0.3) is 10.0 Å². The molecule has 0 saturated carbocycles. The van der Waals surface area contributed by atoms with Crippen molar-refractivity contribution in [3.63, 3.8) is 0 Å². The molecular weight excluding hydrogens is 479 g/mol. The lowest BCUT2D eigenvalue weighted by molar-refractivity contribution is 0.476. The first kappa shape index (κ1) is 21.6. The molecule has 13 heteroatoms. The van der Waals surface area contributed by atoms with E-state index in [1.165, 1.54) is 36.9 Å². The van der Waals surface area contributed by atoms with Crippen molar-refractivity contribution in [2.24, 2.45) is 0 Å². The summed E-state index contributed by atoms with van der Waals surface area (Å²) in [6.07, 6.45) is 4.10. The van der Waals surface area contributed by atoms with Crippen LogP contribution in [0.4, 0.5) is 9.52 Å². The number of hydrogen-bond donors (Lipinski definition) is 1. The first-order valence-corrected chi connectivity index (χ1v) is 11.3. The summed E-state index contributed by atoms with van der Waals surface area (Å²) in [5.41, 5.74) is 0.875. The highest BCUT2D eigenvalue weighted by Gasteiger charge is 2.20. The SMILES string of the molecule is N#Cc1cc(S(=O)(=O)Nc2ncns2)ccc1Oc1cc(F)c(Cl)cc1-c1ccnnc1. The van der Waals surface area contributed by atoms with E-state index in [9.17, 15) is 18.1 Å². The van der Waals surface area contributed by atoms with Crippen LogP contribution in [0.2, 0.25) is 5.02 Å². The van der Waals surface area contributed by atoms with E-state index in [1.807, 2.05) is 6.07 Å². The van der Waals surface area contributed by atoms with E-state index in [2.05, 4.69) is 24.3 Å². The number of rotatable bonds is 6. The third-order valence-electron chi connectivity index (χ3n) is 4.10. The maximum atomic E-state index is 14.2. The molecule has 4 rings (SSSR count). The summed E-state index contributed by atoms with van der Waals surface area (Å²) >= 11 is 6.79. The zero-order valence-electron chi connectivity index (χ0n) is 15.7. The Morgan fingerprint density at radius 1 is 1.16 bits per heavy atom. The standard InChI is InChI=1S/C19H10ClFN6O3S2/c20-15-6-14(11-3-4-24-25-9-11)18(7-16(15)21)30-17-2-1-13(5-12(17)8-22)32(28,29)27-19-23-10-26-31-19/h1-7,9-10H,(H,23,26,27). The maximum absolute atomic E-state index is 14.2. The van der Waals surface area contributed by atoms with Gasteiger partial charge in [0.05, 0.1) is 27.9 Å². The Morgan fingerprint density at radius 3 is 2.69 bits per heavy atom. The molecule has 9 nitrogen and oxygen atoms in total. The fraction of sp³-hybridized carbons (Fsp3) is 0. The van der Waals surface area contributed by atoms with Crippen LogP contribution in [0.1, 0.15) is 5.56 Å². The second kappa shape index (κ2) is 8.83. The molecule has 0 fully saturated rings. The van der Waals surface area contributed by atoms with Crippen LogP contribution in [0.3, 0.4) is 0 Å². The van der Waals surface area contributed by atoms with Crippen LogP contribution in [0.25, 0.3) is 11.1 Å². The van der Waals surface area contributed by atoms with Gasteiger partial charge in [0.15, 0.2) is 0 Å². The Labute approximate surface area is 190 Å². The molecule has 160 valence electrons. The van der Waals surface area contributed by atoms with Crippen molar-refractivity contribution in [1.82, 2.24) is 19.6 Å². The Hall–Kier alpha value is -3.66. The summed E-state index contributed by atoms with van der Waals surface area (Å²) in [6.45, 7) is 0. The molecule has 0 saturated heterocycles. The molecule has 2 aromatic carbocycles. The van der Waals surface area contributed by atoms with Crippen molar-refractivity contribution >= 4 is 38.3 Å². The van der Waals surface area contributed by atoms with Gasteiger partial charge in [-0.1, -0.05) is 11.6 Å². The zero-order chi connectivity index (χ0) is 22.7. The first-order valence-electron chi connectivity index (χ1n) is 8.65. The molecule has 2 heterocycles. The lowest BCUT2D eigenvalue weighted by atomic mass is 10.1. The number of ether oxygens (including phenoxy) is 1. The van der Waals surface area contributed by atoms with Crippen molar-refractivity contribution in [1.29, 1.82) is 5.26 Å². The van der Waals surface area contributed by atoms with Crippen LogP contribution in [-0.2, 0) is 10.0 Å². The van der Waals surface area contributed by atoms with Gasteiger partial charge in [0.2, 0.25) is 5.13 Å². The second-order valence-corrected chi connectivity index (χ2v) is 8.99. The van der Waals surface area contributed by atoms with Crippen LogP contribution < -0.4 is 9.46 Å². The minimum atomic E-state index is -4.01. The predicted molar refractivity (Wildman–Crippen MR) is 114 cm³/mol. The fourth-order valence-corrected chi connectivity index (χ4v) is 4.50. The molecule has 0 aliphatic heterocycles. The van der Waals surface area contributed by atoms with Gasteiger partial charge in [-0.3, -0.25) is 4.72 Å². The van der Waals surface area contributed by atoms with Crippen LogP contribution in [0.5, 0.6) is 11.5 Å². The fourth-order valence-electron chi connectivity index (χ4n) is 2.65. The van der Waals surface area contributed by atoms with Crippen LogP contribution in [0, 0.1) is 17.1 Å². The molecule has 1 N–H and O–H groups in total. The topological polar surface area (TPSA) is 131 Å². The lowest BCUT2D eigenvalue weighted by Crippen LogP contribution is -2.13. The minimum Gasteiger partial charge on any atom is -0.455 e. The molecule has 2 aromatic heterocycles. The van der Waals surface area contributed by atoms with Gasteiger partial charge in [-0.2, -0.15) is 19.8 Å². The van der Waals surface area contributed by atoms with E-state index in [4.69, 9.17) is 16.3 Å². The van der Waals surface area contributed by atoms with Gasteiger partial charge < -0.3 is 4.74 Å². The third kappa shape index (κ3) is 4.50. The molecule has 0 atom stereocenters. The molecule has 0 bridgehead atoms. The summed E-state index contributed by atoms with van der Waals surface area (Å²) in [7, 11) is -4.01. The monoisotopic (exact) mass is 488 g/mol. The van der Waals surface area contributed by atoms with E-state index < -0.39 is 15.8 Å². The molecule has 0 spiro atoms. The maximum Gasteiger partial charge on any atom is 0.263 e. The highest BCUT2D eigenvalue weighted by Crippen LogP contribution is 2.38. The molecule has 4 aromatic rings. The van der Waals surface area contributed by atoms with Crippen molar-refractivity contribution in [2.75, 3.05) is 4.72 Å². The molecule has 0 unspecified atom stereocenters. The Balaban J connectivity index is 1.72. The van der Waals surface area contributed by atoms with E-state index in [-0.39, 0.29) is 32.1 Å². The quantitative estimate of drug-likeness (QED) is 0.426. The van der Waals surface area contributed by atoms with Crippen molar-refractivity contribution in [2.45, 2.75) is 4.90 Å². The van der Waals surface area contributed by atoms with E-state index in [0.29, 0.717) is 11.1 Å². The number of nitrogens with zero attached hydrogens (tertiary/aromatic N) is 5. The Bertz CT molecular complexity index is 1430. The number of halogens is 2. The van der Waals surface area contributed by atoms with Crippen LogP contribution >= 0.6 is 23.1 Å². The summed E-state index contributed by atoms with van der Waals surface area (Å²) in [6, 6.07) is 9.63. The number of anilines is 1. The van der Waals surface area contributed by atoms with Gasteiger partial charge >= 0.3 is 0 Å². The lowest BCUT2D eigenvalue weighted by Gasteiger charge is -2.14. The number of sulfonamides is 1.